The number of aromatic nitrogens is 3. The number of carbonyl (C=O) groups is 3. The molecule has 1 saturated carbocycles. The lowest BCUT2D eigenvalue weighted by atomic mass is 10.1. The molecule has 0 radical (unpaired) electrons. The number of phosphoric ester groups is 1. The van der Waals surface area contributed by atoms with Crippen LogP contribution in [0.5, 0.6) is 0 Å². The van der Waals surface area contributed by atoms with Crippen molar-refractivity contribution in [1.29, 1.82) is 0 Å². The lowest BCUT2D eigenvalue weighted by Crippen LogP contribution is -2.39. The highest BCUT2D eigenvalue weighted by molar-refractivity contribution is 7.46. The molecular formula is C24H29N6O8P. The third-order valence-corrected chi connectivity index (χ3v) is 6.52. The molecule has 0 aliphatic heterocycles. The van der Waals surface area contributed by atoms with Gasteiger partial charge in [0.05, 0.1) is 5.56 Å². The highest BCUT2D eigenvalue weighted by atomic mass is 31.2. The fourth-order valence-corrected chi connectivity index (χ4v) is 4.10. The Morgan fingerprint density at radius 1 is 1.23 bits per heavy atom. The zero-order chi connectivity index (χ0) is 28.3. The fraction of sp³-hybridized carbons (Fsp3) is 0.375. The molecule has 0 unspecified atom stereocenters. The van der Waals surface area contributed by atoms with Gasteiger partial charge in [-0.05, 0) is 56.4 Å². The second kappa shape index (κ2) is 11.5. The standard InChI is InChI=1S/C24H29N6O8P/c1-4-9-25-22(31)16-6-5-14(2)19(10-16)28-21-20-15(3)18(11-29(20)27-12-26-21)23(32)30(17-7-8-17)24(33)37-13-38-39(34,35)36/h5-6,10-12,17H,4,7-9,13H2,1-3H3,(H,25,31)(H,26,27,28)(H2,34,35,36). The van der Waals surface area contributed by atoms with Crippen LogP contribution in [0.15, 0.2) is 30.7 Å². The maximum absolute atomic E-state index is 13.5. The second-order valence-corrected chi connectivity index (χ2v) is 10.3. The van der Waals surface area contributed by atoms with Crippen LogP contribution < -0.4 is 10.6 Å². The van der Waals surface area contributed by atoms with E-state index in [1.165, 1.54) is 17.0 Å². The number of nitrogens with one attached hydrogen (secondary N) is 2. The van der Waals surface area contributed by atoms with E-state index in [2.05, 4.69) is 25.2 Å². The average Bonchev–Trinajstić information content (AvgIpc) is 3.65. The Morgan fingerprint density at radius 3 is 2.64 bits per heavy atom. The summed E-state index contributed by atoms with van der Waals surface area (Å²) in [7, 11) is -4.85. The number of ether oxygens (including phenoxy) is 1. The minimum Gasteiger partial charge on any atom is -0.421 e. The number of carbonyl (C=O) groups excluding carboxylic acids is 3. The number of benzene rings is 1. The fourth-order valence-electron chi connectivity index (χ4n) is 3.91. The molecule has 1 aliphatic rings. The predicted octanol–water partition coefficient (Wildman–Crippen LogP) is 3.04. The molecule has 1 fully saturated rings. The Labute approximate surface area is 223 Å². The van der Waals surface area contributed by atoms with Gasteiger partial charge in [-0.3, -0.25) is 9.59 Å². The van der Waals surface area contributed by atoms with Crippen molar-refractivity contribution in [2.24, 2.45) is 0 Å². The summed E-state index contributed by atoms with van der Waals surface area (Å²) in [6, 6.07) is 4.86. The van der Waals surface area contributed by atoms with Gasteiger partial charge in [-0.1, -0.05) is 13.0 Å². The average molecular weight is 561 g/mol. The molecule has 1 aliphatic carbocycles. The van der Waals surface area contributed by atoms with E-state index in [1.807, 2.05) is 19.9 Å². The van der Waals surface area contributed by atoms with Crippen LogP contribution in [0.25, 0.3) is 5.52 Å². The van der Waals surface area contributed by atoms with Crippen molar-refractivity contribution in [2.45, 2.75) is 46.1 Å². The van der Waals surface area contributed by atoms with Crippen LogP contribution in [0.1, 0.15) is 58.0 Å². The van der Waals surface area contributed by atoms with Crippen molar-refractivity contribution >= 4 is 42.8 Å². The van der Waals surface area contributed by atoms with Crippen LogP contribution in [-0.2, 0) is 13.8 Å². The van der Waals surface area contributed by atoms with Gasteiger partial charge in [0.25, 0.3) is 11.8 Å². The largest absolute Gasteiger partial charge is 0.472 e. The monoisotopic (exact) mass is 560 g/mol. The molecule has 3 amide bonds. The number of fused-ring (bicyclic) bond motifs is 1. The minimum absolute atomic E-state index is 0.169. The van der Waals surface area contributed by atoms with E-state index in [-0.39, 0.29) is 11.5 Å². The molecule has 4 N–H and O–H groups in total. The van der Waals surface area contributed by atoms with Crippen molar-refractivity contribution < 1.29 is 38.0 Å². The lowest BCUT2D eigenvalue weighted by Gasteiger charge is -2.19. The van der Waals surface area contributed by atoms with Crippen molar-refractivity contribution in [3.8, 4) is 0 Å². The van der Waals surface area contributed by atoms with Gasteiger partial charge in [0, 0.05) is 30.0 Å². The smallest absolute Gasteiger partial charge is 0.421 e. The summed E-state index contributed by atoms with van der Waals surface area (Å²) in [5, 5.41) is 10.3. The third kappa shape index (κ3) is 6.60. The Morgan fingerprint density at radius 2 is 1.97 bits per heavy atom. The van der Waals surface area contributed by atoms with E-state index in [0.717, 1.165) is 16.9 Å². The molecule has 14 nitrogen and oxygen atoms in total. The first kappa shape index (κ1) is 28.2. The number of amides is 3. The van der Waals surface area contributed by atoms with Gasteiger partial charge < -0.3 is 25.2 Å². The Bertz CT molecular complexity index is 1460. The molecule has 4 rings (SSSR count). The van der Waals surface area contributed by atoms with Crippen molar-refractivity contribution in [3.63, 3.8) is 0 Å². The first-order valence-corrected chi connectivity index (χ1v) is 13.7. The maximum Gasteiger partial charge on any atom is 0.472 e. The number of hydrogen-bond donors (Lipinski definition) is 4. The molecular weight excluding hydrogens is 531 g/mol. The van der Waals surface area contributed by atoms with E-state index < -0.39 is 32.7 Å². The quantitative estimate of drug-likeness (QED) is 0.211. The summed E-state index contributed by atoms with van der Waals surface area (Å²) in [6.07, 6.45) is 3.65. The molecule has 2 heterocycles. The second-order valence-electron chi connectivity index (χ2n) is 9.03. The molecule has 1 aromatic carbocycles. The van der Waals surface area contributed by atoms with Gasteiger partial charge in [0.2, 0.25) is 6.79 Å². The summed E-state index contributed by atoms with van der Waals surface area (Å²) in [5.41, 5.74) is 3.12. The zero-order valence-electron chi connectivity index (χ0n) is 21.6. The molecule has 208 valence electrons. The number of hydrogen-bond acceptors (Lipinski definition) is 9. The van der Waals surface area contributed by atoms with Crippen LogP contribution in [0.4, 0.5) is 16.3 Å². The van der Waals surface area contributed by atoms with Gasteiger partial charge >= 0.3 is 13.9 Å². The normalized spacial score (nSPS) is 13.3. The van der Waals surface area contributed by atoms with Crippen molar-refractivity contribution in [3.05, 3.63) is 53.0 Å². The van der Waals surface area contributed by atoms with E-state index in [1.54, 1.807) is 19.1 Å². The van der Waals surface area contributed by atoms with Crippen LogP contribution in [-0.4, -0.2) is 66.6 Å². The van der Waals surface area contributed by atoms with E-state index in [0.29, 0.717) is 47.5 Å². The zero-order valence-corrected chi connectivity index (χ0v) is 22.5. The van der Waals surface area contributed by atoms with Crippen LogP contribution in [0.3, 0.4) is 0 Å². The Kier molecular flexibility index (Phi) is 8.31. The molecule has 2 aromatic heterocycles. The molecule has 0 atom stereocenters. The molecule has 15 heteroatoms. The van der Waals surface area contributed by atoms with Crippen molar-refractivity contribution in [1.82, 2.24) is 24.8 Å². The Hall–Kier alpha value is -3.84. The van der Waals surface area contributed by atoms with E-state index >= 15 is 0 Å². The van der Waals surface area contributed by atoms with Crippen LogP contribution >= 0.6 is 7.82 Å². The number of phosphoric acid groups is 1. The first-order chi connectivity index (χ1) is 18.5. The molecule has 0 bridgehead atoms. The number of rotatable bonds is 10. The molecule has 3 aromatic rings. The SMILES string of the molecule is CCCNC(=O)c1ccc(C)c(Nc2ncnn3cc(C(=O)N(C(=O)OCOP(=O)(O)O)C4CC4)c(C)c23)c1. The predicted molar refractivity (Wildman–Crippen MR) is 138 cm³/mol. The molecule has 0 spiro atoms. The first-order valence-electron chi connectivity index (χ1n) is 12.2. The summed E-state index contributed by atoms with van der Waals surface area (Å²) in [5.74, 6) is -0.470. The van der Waals surface area contributed by atoms with Gasteiger partial charge in [-0.15, -0.1) is 0 Å². The number of aryl methyl sites for hydroxylation is 2. The third-order valence-electron chi connectivity index (χ3n) is 6.08. The number of nitrogens with zero attached hydrogens (tertiary/aromatic N) is 4. The minimum atomic E-state index is -4.85. The molecule has 39 heavy (non-hydrogen) atoms. The molecule has 0 saturated heterocycles. The number of anilines is 2. The summed E-state index contributed by atoms with van der Waals surface area (Å²) >= 11 is 0. The number of imide groups is 1. The van der Waals surface area contributed by atoms with Gasteiger partial charge in [0.15, 0.2) is 5.82 Å². The highest BCUT2D eigenvalue weighted by Gasteiger charge is 2.40. The van der Waals surface area contributed by atoms with Crippen molar-refractivity contribution in [2.75, 3.05) is 18.7 Å². The van der Waals surface area contributed by atoms with Crippen LogP contribution in [0.2, 0.25) is 0 Å². The summed E-state index contributed by atoms with van der Waals surface area (Å²) in [6.45, 7) is 5.08. The van der Waals surface area contributed by atoms with Gasteiger partial charge in [0.1, 0.15) is 11.8 Å². The van der Waals surface area contributed by atoms with E-state index in [9.17, 15) is 18.9 Å². The van der Waals surface area contributed by atoms with E-state index in [4.69, 9.17) is 14.5 Å². The highest BCUT2D eigenvalue weighted by Crippen LogP contribution is 2.36. The lowest BCUT2D eigenvalue weighted by molar-refractivity contribution is 0.0193. The summed E-state index contributed by atoms with van der Waals surface area (Å²) in [4.78, 5) is 61.4. The summed E-state index contributed by atoms with van der Waals surface area (Å²) < 4.78 is 21.3. The van der Waals surface area contributed by atoms with Gasteiger partial charge in [-0.2, -0.15) is 5.10 Å². The Balaban J connectivity index is 1.61. The van der Waals surface area contributed by atoms with Gasteiger partial charge in [-0.25, -0.2) is 28.3 Å². The topological polar surface area (TPSA) is 185 Å². The van der Waals surface area contributed by atoms with Crippen LogP contribution in [0, 0.1) is 13.8 Å². The maximum atomic E-state index is 13.5.